The van der Waals surface area contributed by atoms with E-state index in [1.54, 1.807) is 6.92 Å². The van der Waals surface area contributed by atoms with Crippen molar-refractivity contribution >= 4 is 76.3 Å². The van der Waals surface area contributed by atoms with Crippen molar-refractivity contribution in [1.29, 1.82) is 0 Å². The summed E-state index contributed by atoms with van der Waals surface area (Å²) in [6.45, 7) is 3.39. The largest absolute Gasteiger partial charge is 0.493 e. The highest BCUT2D eigenvalue weighted by Gasteiger charge is 2.23. The first-order valence-corrected chi connectivity index (χ1v) is 18.2. The van der Waals surface area contributed by atoms with Gasteiger partial charge in [0.2, 0.25) is 29.6 Å². The number of nitrogens with zero attached hydrogens (tertiary/aromatic N) is 8. The van der Waals surface area contributed by atoms with Crippen LogP contribution in [0.5, 0.6) is 5.88 Å². The van der Waals surface area contributed by atoms with Crippen LogP contribution in [-0.2, 0) is 16.1 Å². The van der Waals surface area contributed by atoms with Gasteiger partial charge in [-0.1, -0.05) is 6.92 Å². The Bertz CT molecular complexity index is 2460. The molecule has 0 saturated heterocycles. The molecule has 2 aromatic carbocycles. The Kier molecular flexibility index (Phi) is 15.7. The van der Waals surface area contributed by atoms with Crippen LogP contribution in [0.3, 0.4) is 0 Å². The molecule has 4 rings (SSSR count). The Balaban J connectivity index is 1.48. The number of hydrogen-bond acceptors (Lipinski definition) is 19. The number of carbonyl (C=O) groups excluding carboxylic acids is 2. The predicted octanol–water partition coefficient (Wildman–Crippen LogP) is 2.44. The molecule has 62 heavy (non-hydrogen) atoms. The first-order valence-electron chi connectivity index (χ1n) is 18.2. The van der Waals surface area contributed by atoms with Crippen molar-refractivity contribution in [3.8, 4) is 5.88 Å². The number of benzene rings is 2. The van der Waals surface area contributed by atoms with Gasteiger partial charge in [0, 0.05) is 45.7 Å². The van der Waals surface area contributed by atoms with Crippen LogP contribution in [0, 0.1) is 6.92 Å². The van der Waals surface area contributed by atoms with Crippen LogP contribution in [0.15, 0.2) is 62.6 Å². The molecular formula is C37H40N12O13. The summed E-state index contributed by atoms with van der Waals surface area (Å²) in [7, 11) is 0. The third-order valence-electron chi connectivity index (χ3n) is 8.35. The maximum atomic E-state index is 13.4. The van der Waals surface area contributed by atoms with Gasteiger partial charge < -0.3 is 46.6 Å². The van der Waals surface area contributed by atoms with E-state index >= 15 is 0 Å². The van der Waals surface area contributed by atoms with Crippen molar-refractivity contribution in [1.82, 2.24) is 24.4 Å². The van der Waals surface area contributed by atoms with Crippen LogP contribution in [0.25, 0.3) is 0 Å². The minimum atomic E-state index is -1.40. The lowest BCUT2D eigenvalue weighted by Crippen LogP contribution is -2.42. The third kappa shape index (κ3) is 12.3. The molecule has 2 heterocycles. The average molecular weight is 861 g/mol. The summed E-state index contributed by atoms with van der Waals surface area (Å²) in [5.41, 5.74) is 0.205. The fourth-order valence-corrected chi connectivity index (χ4v) is 5.35. The maximum Gasteiger partial charge on any atom is 0.335 e. The number of anilines is 4. The predicted molar refractivity (Wildman–Crippen MR) is 218 cm³/mol. The van der Waals surface area contributed by atoms with Crippen molar-refractivity contribution in [3.05, 3.63) is 80.6 Å². The number of hydrogen-bond donors (Lipinski definition) is 10. The van der Waals surface area contributed by atoms with Crippen molar-refractivity contribution in [2.24, 2.45) is 15.3 Å². The van der Waals surface area contributed by atoms with Crippen molar-refractivity contribution in [2.45, 2.75) is 33.7 Å². The molecule has 0 unspecified atom stereocenters. The third-order valence-corrected chi connectivity index (χ3v) is 8.35. The van der Waals surface area contributed by atoms with E-state index in [0.29, 0.717) is 0 Å². The first-order chi connectivity index (χ1) is 29.4. The molecule has 0 saturated carbocycles. The number of aromatic carboxylic acids is 4. The van der Waals surface area contributed by atoms with Gasteiger partial charge in [0.15, 0.2) is 0 Å². The first kappa shape index (κ1) is 46.3. The van der Waals surface area contributed by atoms with Crippen LogP contribution < -0.4 is 26.9 Å². The summed E-state index contributed by atoms with van der Waals surface area (Å²) in [5, 5.41) is 78.2. The Labute approximate surface area is 349 Å². The zero-order chi connectivity index (χ0) is 45.7. The molecule has 0 fully saturated rings. The van der Waals surface area contributed by atoms with Crippen LogP contribution >= 0.6 is 0 Å². The molecule has 0 radical (unpaired) electrons. The second-order valence-corrected chi connectivity index (χ2v) is 12.8. The smallest absolute Gasteiger partial charge is 0.335 e. The minimum Gasteiger partial charge on any atom is -0.493 e. The minimum absolute atomic E-state index is 0.000814. The number of aromatic hydroxyl groups is 1. The molecule has 10 N–H and O–H groups in total. The van der Waals surface area contributed by atoms with Crippen LogP contribution in [-0.4, -0.2) is 129 Å². The number of aromatic nitrogens is 4. The topological polar surface area (TPSA) is 373 Å². The van der Waals surface area contributed by atoms with Crippen molar-refractivity contribution in [2.75, 3.05) is 54.2 Å². The number of carbonyl (C=O) groups is 6. The number of imide groups is 1. The SMILES string of the molecule is CCC(=NNc1cc(C(=O)O)cc(C(=O)O)c1)C(=O)N(CCNc1nc(NCCO)nc(NCCn2c(O)c(N=Nc3cc(C(=O)O)cc(C(=O)O)c3)c(C)cc2=O)n1)C(C)=O. The normalized spacial score (nSPS) is 11.2. The average Bonchev–Trinajstić information content (AvgIpc) is 3.22. The lowest BCUT2D eigenvalue weighted by molar-refractivity contribution is -0.139. The highest BCUT2D eigenvalue weighted by atomic mass is 16.4. The van der Waals surface area contributed by atoms with Gasteiger partial charge in [0.25, 0.3) is 11.5 Å². The van der Waals surface area contributed by atoms with Crippen LogP contribution in [0.2, 0.25) is 0 Å². The summed E-state index contributed by atoms with van der Waals surface area (Å²) in [4.78, 5) is 98.4. The van der Waals surface area contributed by atoms with Gasteiger partial charge in [-0.15, -0.1) is 5.11 Å². The standard InChI is InChI=1S/C37H40N12O13/c1-4-26(46-44-24-14-20(31(55)56)12-21(15-24)32(57)58)29(53)48(19(3)51)8-5-38-35-41-36(43-37(42-35)40-7-10-50)39-6-9-49-27(52)11-18(2)28(30(49)54)47-45-25-16-22(33(59)60)13-23(17-25)34(61)62/h11-17,44,50,54H,4-10H2,1-3H3,(H,55,56)(H,57,58)(H,59,60)(H,61,62)(H3,38,39,40,41,42,43). The number of aryl methyl sites for hydroxylation is 1. The zero-order valence-electron chi connectivity index (χ0n) is 33.1. The number of aliphatic hydroxyl groups is 1. The van der Waals surface area contributed by atoms with Gasteiger partial charge in [-0.2, -0.15) is 25.2 Å². The number of pyridine rings is 1. The summed E-state index contributed by atoms with van der Waals surface area (Å²) < 4.78 is 0.952. The Morgan fingerprint density at radius 1 is 0.726 bits per heavy atom. The molecule has 0 spiro atoms. The Morgan fingerprint density at radius 2 is 1.23 bits per heavy atom. The quantitative estimate of drug-likeness (QED) is 0.0327. The summed E-state index contributed by atoms with van der Waals surface area (Å²) in [5.74, 6) is -7.73. The number of nitrogens with one attached hydrogen (secondary N) is 4. The highest BCUT2D eigenvalue weighted by molar-refractivity contribution is 6.41. The monoisotopic (exact) mass is 860 g/mol. The zero-order valence-corrected chi connectivity index (χ0v) is 33.1. The number of rotatable bonds is 21. The molecule has 25 nitrogen and oxygen atoms in total. The van der Waals surface area contributed by atoms with Crippen molar-refractivity contribution < 1.29 is 59.4 Å². The van der Waals surface area contributed by atoms with Crippen molar-refractivity contribution in [3.63, 3.8) is 0 Å². The molecule has 326 valence electrons. The van der Waals surface area contributed by atoms with Gasteiger partial charge in [-0.25, -0.2) is 19.2 Å². The van der Waals surface area contributed by atoms with E-state index in [1.165, 1.54) is 13.0 Å². The van der Waals surface area contributed by atoms with Gasteiger partial charge >= 0.3 is 23.9 Å². The van der Waals surface area contributed by atoms with E-state index in [4.69, 9.17) is 0 Å². The van der Waals surface area contributed by atoms with Gasteiger partial charge in [0.05, 0.1) is 40.2 Å². The molecule has 0 atom stereocenters. The van der Waals surface area contributed by atoms with Gasteiger partial charge in [-0.3, -0.25) is 29.3 Å². The molecule has 0 aliphatic rings. The second kappa shape index (κ2) is 21.1. The van der Waals surface area contributed by atoms with E-state index in [-0.39, 0.29) is 114 Å². The summed E-state index contributed by atoms with van der Waals surface area (Å²) >= 11 is 0. The number of aliphatic hydroxyl groups excluding tert-OH is 1. The van der Waals surface area contributed by atoms with Crippen LogP contribution in [0.4, 0.5) is 34.9 Å². The fourth-order valence-electron chi connectivity index (χ4n) is 5.35. The molecule has 4 aromatic rings. The Hall–Kier alpha value is -8.35. The maximum absolute atomic E-state index is 13.4. The number of amides is 2. The van der Waals surface area contributed by atoms with E-state index in [2.05, 4.69) is 51.7 Å². The lowest BCUT2D eigenvalue weighted by atomic mass is 10.1. The summed E-state index contributed by atoms with van der Waals surface area (Å²) in [6, 6.07) is 7.47. The fraction of sp³-hybridized carbons (Fsp3) is 0.270. The molecular weight excluding hydrogens is 820 g/mol. The van der Waals surface area contributed by atoms with E-state index in [9.17, 15) is 64.2 Å². The van der Waals surface area contributed by atoms with E-state index in [0.717, 1.165) is 52.8 Å². The number of azo groups is 1. The van der Waals surface area contributed by atoms with Crippen LogP contribution in [0.1, 0.15) is 67.3 Å². The molecule has 0 aliphatic carbocycles. The summed E-state index contributed by atoms with van der Waals surface area (Å²) in [6.07, 6.45) is 0.0200. The molecule has 0 bridgehead atoms. The lowest BCUT2D eigenvalue weighted by Gasteiger charge is -2.20. The molecule has 2 aromatic heterocycles. The van der Waals surface area contributed by atoms with Gasteiger partial charge in [0.1, 0.15) is 11.4 Å². The second-order valence-electron chi connectivity index (χ2n) is 12.8. The number of carboxylic acids is 4. The molecule has 2 amide bonds. The van der Waals surface area contributed by atoms with E-state index < -0.39 is 47.1 Å². The van der Waals surface area contributed by atoms with Gasteiger partial charge in [-0.05, 0) is 55.3 Å². The number of carboxylic acid groups (broad SMARTS) is 4. The van der Waals surface area contributed by atoms with E-state index in [1.807, 2.05) is 0 Å². The Morgan fingerprint density at radius 3 is 1.71 bits per heavy atom. The highest BCUT2D eigenvalue weighted by Crippen LogP contribution is 2.31. The molecule has 0 aliphatic heterocycles. The number of hydrazone groups is 1. The molecule has 25 heteroatoms.